The van der Waals surface area contributed by atoms with Crippen molar-refractivity contribution >= 4 is 35.0 Å². The molecule has 1 aromatic rings. The van der Waals surface area contributed by atoms with E-state index < -0.39 is 0 Å². The van der Waals surface area contributed by atoms with Crippen LogP contribution >= 0.6 is 11.6 Å². The second kappa shape index (κ2) is 9.91. The van der Waals surface area contributed by atoms with Crippen LogP contribution in [-0.4, -0.2) is 57.5 Å². The Morgan fingerprint density at radius 3 is 2.52 bits per heavy atom. The van der Waals surface area contributed by atoms with E-state index in [2.05, 4.69) is 5.32 Å². The molecule has 0 aliphatic carbocycles. The number of halogens is 1. The van der Waals surface area contributed by atoms with E-state index in [-0.39, 0.29) is 24.7 Å². The highest BCUT2D eigenvalue weighted by molar-refractivity contribution is 6.29. The van der Waals surface area contributed by atoms with Gasteiger partial charge < -0.3 is 19.7 Å². The summed E-state index contributed by atoms with van der Waals surface area (Å²) in [6.07, 6.45) is 3.23. The molecule has 1 aromatic carbocycles. The number of carbonyl (C=O) groups is 2. The third-order valence-corrected chi connectivity index (χ3v) is 4.83. The first-order valence-corrected chi connectivity index (χ1v) is 9.98. The van der Waals surface area contributed by atoms with Crippen molar-refractivity contribution in [3.63, 3.8) is 0 Å². The van der Waals surface area contributed by atoms with E-state index >= 15 is 0 Å². The lowest BCUT2D eigenvalue weighted by atomic mass is 10.2. The summed E-state index contributed by atoms with van der Waals surface area (Å²) in [5, 5.41) is 4.03. The van der Waals surface area contributed by atoms with Crippen molar-refractivity contribution < 1.29 is 19.1 Å². The van der Waals surface area contributed by atoms with Crippen LogP contribution < -0.4 is 15.1 Å². The zero-order valence-electron chi connectivity index (χ0n) is 16.7. The van der Waals surface area contributed by atoms with Crippen molar-refractivity contribution in [1.82, 2.24) is 5.32 Å². The zero-order valence-corrected chi connectivity index (χ0v) is 17.4. The molecule has 0 bridgehead atoms. The standard InChI is InChI=1S/C21H26ClN3O4/c1-15(3-4-16(2)22)11-23-12-19-13-25(21(27)29-19)18-7-5-17(6-8-18)24-9-10-28-14-20(24)26/h3-8,19,23H,9-14H2,1-2H3. The van der Waals surface area contributed by atoms with Crippen molar-refractivity contribution in [3.8, 4) is 0 Å². The third-order valence-electron chi connectivity index (χ3n) is 4.71. The number of hydrogen-bond acceptors (Lipinski definition) is 5. The van der Waals surface area contributed by atoms with Gasteiger partial charge in [0.15, 0.2) is 0 Å². The summed E-state index contributed by atoms with van der Waals surface area (Å²) in [5.41, 5.74) is 2.69. The maximum atomic E-state index is 12.3. The predicted octanol–water partition coefficient (Wildman–Crippen LogP) is 3.05. The molecule has 2 aliphatic heterocycles. The molecule has 0 spiro atoms. The Labute approximate surface area is 175 Å². The van der Waals surface area contributed by atoms with Crippen molar-refractivity contribution in [2.75, 3.05) is 49.2 Å². The fourth-order valence-electron chi connectivity index (χ4n) is 3.19. The van der Waals surface area contributed by atoms with Crippen LogP contribution in [-0.2, 0) is 14.3 Å². The van der Waals surface area contributed by atoms with Crippen LogP contribution in [0.3, 0.4) is 0 Å². The van der Waals surface area contributed by atoms with Crippen molar-refractivity contribution in [3.05, 3.63) is 47.0 Å². The van der Waals surface area contributed by atoms with Gasteiger partial charge in [0.1, 0.15) is 12.7 Å². The number of nitrogens with one attached hydrogen (secondary N) is 1. The van der Waals surface area contributed by atoms with E-state index in [1.165, 1.54) is 0 Å². The highest BCUT2D eigenvalue weighted by Crippen LogP contribution is 2.25. The maximum absolute atomic E-state index is 12.3. The number of rotatable bonds is 7. The average Bonchev–Trinajstić information content (AvgIpc) is 3.07. The third kappa shape index (κ3) is 5.82. The summed E-state index contributed by atoms with van der Waals surface area (Å²) in [6, 6.07) is 7.36. The predicted molar refractivity (Wildman–Crippen MR) is 113 cm³/mol. The van der Waals surface area contributed by atoms with Gasteiger partial charge in [-0.25, -0.2) is 4.79 Å². The highest BCUT2D eigenvalue weighted by atomic mass is 35.5. The molecule has 0 aromatic heterocycles. The Kier molecular flexibility index (Phi) is 7.30. The number of amides is 2. The topological polar surface area (TPSA) is 71.1 Å². The van der Waals surface area contributed by atoms with Gasteiger partial charge in [0, 0.05) is 36.0 Å². The Morgan fingerprint density at radius 1 is 1.17 bits per heavy atom. The van der Waals surface area contributed by atoms with Gasteiger partial charge in [-0.2, -0.15) is 0 Å². The minimum atomic E-state index is -0.361. The molecule has 1 atom stereocenters. The summed E-state index contributed by atoms with van der Waals surface area (Å²) in [6.45, 7) is 6.74. The number of nitrogens with zero attached hydrogens (tertiary/aromatic N) is 2. The molecule has 2 heterocycles. The Bertz CT molecular complexity index is 803. The number of cyclic esters (lactones) is 1. The monoisotopic (exact) mass is 419 g/mol. The van der Waals surface area contributed by atoms with Crippen molar-refractivity contribution in [2.45, 2.75) is 20.0 Å². The molecular formula is C21H26ClN3O4. The first kappa shape index (κ1) is 21.4. The van der Waals surface area contributed by atoms with E-state index in [1.54, 1.807) is 9.80 Å². The molecule has 7 nitrogen and oxygen atoms in total. The summed E-state index contributed by atoms with van der Waals surface area (Å²) >= 11 is 5.82. The molecule has 29 heavy (non-hydrogen) atoms. The Hall–Kier alpha value is -2.35. The molecule has 2 saturated heterocycles. The number of benzene rings is 1. The van der Waals surface area contributed by atoms with Crippen LogP contribution in [0.5, 0.6) is 0 Å². The number of allylic oxidation sites excluding steroid dienone is 3. The van der Waals surface area contributed by atoms with Crippen LogP contribution in [0.15, 0.2) is 47.0 Å². The van der Waals surface area contributed by atoms with Gasteiger partial charge in [-0.3, -0.25) is 9.69 Å². The van der Waals surface area contributed by atoms with E-state index in [0.29, 0.717) is 32.8 Å². The van der Waals surface area contributed by atoms with Gasteiger partial charge in [0.2, 0.25) is 0 Å². The molecule has 1 unspecified atom stereocenters. The minimum Gasteiger partial charge on any atom is -0.443 e. The molecule has 2 fully saturated rings. The lowest BCUT2D eigenvalue weighted by Gasteiger charge is -2.27. The van der Waals surface area contributed by atoms with Crippen LogP contribution in [0, 0.1) is 0 Å². The largest absolute Gasteiger partial charge is 0.443 e. The number of hydrogen-bond donors (Lipinski definition) is 1. The summed E-state index contributed by atoms with van der Waals surface area (Å²) < 4.78 is 10.6. The van der Waals surface area contributed by atoms with Gasteiger partial charge in [-0.05, 0) is 44.2 Å². The van der Waals surface area contributed by atoms with Gasteiger partial charge in [0.05, 0.1) is 13.2 Å². The molecule has 156 valence electrons. The molecule has 0 saturated carbocycles. The van der Waals surface area contributed by atoms with Crippen LogP contribution in [0.25, 0.3) is 0 Å². The maximum Gasteiger partial charge on any atom is 0.414 e. The fraction of sp³-hybridized carbons (Fsp3) is 0.429. The molecular weight excluding hydrogens is 394 g/mol. The van der Waals surface area contributed by atoms with Gasteiger partial charge in [-0.15, -0.1) is 0 Å². The van der Waals surface area contributed by atoms with Crippen LogP contribution in [0.2, 0.25) is 0 Å². The number of anilines is 2. The average molecular weight is 420 g/mol. The van der Waals surface area contributed by atoms with Gasteiger partial charge in [-0.1, -0.05) is 23.3 Å². The van der Waals surface area contributed by atoms with Crippen LogP contribution in [0.1, 0.15) is 13.8 Å². The highest BCUT2D eigenvalue weighted by Gasteiger charge is 2.32. The minimum absolute atomic E-state index is 0.0586. The first-order valence-electron chi connectivity index (χ1n) is 9.60. The van der Waals surface area contributed by atoms with E-state index in [0.717, 1.165) is 22.0 Å². The van der Waals surface area contributed by atoms with Gasteiger partial charge >= 0.3 is 6.09 Å². The van der Waals surface area contributed by atoms with Crippen molar-refractivity contribution in [2.24, 2.45) is 0 Å². The quantitative estimate of drug-likeness (QED) is 0.688. The SMILES string of the molecule is CC(Cl)=CC=C(C)CNCC1CN(c2ccc(N3CCOCC3=O)cc2)C(=O)O1. The smallest absolute Gasteiger partial charge is 0.414 e. The Balaban J connectivity index is 1.53. The number of carbonyl (C=O) groups excluding carboxylic acids is 2. The number of ether oxygens (including phenoxy) is 2. The van der Waals surface area contributed by atoms with E-state index in [1.807, 2.05) is 50.3 Å². The number of morpholine rings is 1. The van der Waals surface area contributed by atoms with E-state index in [4.69, 9.17) is 21.1 Å². The van der Waals surface area contributed by atoms with E-state index in [9.17, 15) is 9.59 Å². The zero-order chi connectivity index (χ0) is 20.8. The first-order chi connectivity index (χ1) is 13.9. The molecule has 1 N–H and O–H groups in total. The molecule has 2 aliphatic rings. The second-order valence-corrected chi connectivity index (χ2v) is 7.72. The van der Waals surface area contributed by atoms with Gasteiger partial charge in [0.25, 0.3) is 5.91 Å². The lowest BCUT2D eigenvalue weighted by Crippen LogP contribution is -2.41. The second-order valence-electron chi connectivity index (χ2n) is 7.13. The fourth-order valence-corrected chi connectivity index (χ4v) is 3.25. The normalized spacial score (nSPS) is 21.0. The van der Waals surface area contributed by atoms with Crippen molar-refractivity contribution in [1.29, 1.82) is 0 Å². The summed E-state index contributed by atoms with van der Waals surface area (Å²) in [5.74, 6) is -0.0586. The molecule has 3 rings (SSSR count). The molecule has 2 amide bonds. The Morgan fingerprint density at radius 2 is 1.86 bits per heavy atom. The summed E-state index contributed by atoms with van der Waals surface area (Å²) in [4.78, 5) is 27.5. The van der Waals surface area contributed by atoms with Crippen LogP contribution in [0.4, 0.5) is 16.2 Å². The lowest BCUT2D eigenvalue weighted by molar-refractivity contribution is -0.125. The summed E-state index contributed by atoms with van der Waals surface area (Å²) in [7, 11) is 0. The molecule has 8 heteroatoms. The molecule has 0 radical (unpaired) electrons.